The largest absolute Gasteiger partial charge is 0.492 e. The predicted octanol–water partition coefficient (Wildman–Crippen LogP) is 3.70. The molecule has 0 heterocycles. The Hall–Kier alpha value is -2.07. The van der Waals surface area contributed by atoms with Gasteiger partial charge in [-0.15, -0.1) is 0 Å². The van der Waals surface area contributed by atoms with E-state index in [0.29, 0.717) is 11.7 Å². The Morgan fingerprint density at radius 1 is 1.10 bits per heavy atom. The van der Waals surface area contributed by atoms with E-state index >= 15 is 0 Å². The first-order valence-corrected chi connectivity index (χ1v) is 7.33. The van der Waals surface area contributed by atoms with Gasteiger partial charge in [0.25, 0.3) is 0 Å². The van der Waals surface area contributed by atoms with Gasteiger partial charge in [-0.3, -0.25) is 0 Å². The molecule has 0 amide bonds. The van der Waals surface area contributed by atoms with Crippen LogP contribution < -0.4 is 10.1 Å². The van der Waals surface area contributed by atoms with E-state index in [0.717, 1.165) is 18.0 Å². The number of thiocarbonyl (C=S) groups is 1. The van der Waals surface area contributed by atoms with Gasteiger partial charge in [0.2, 0.25) is 0 Å². The molecule has 0 aliphatic rings. The molecule has 0 aromatic heterocycles. The van der Waals surface area contributed by atoms with Crippen molar-refractivity contribution in [1.29, 1.82) is 0 Å². The summed E-state index contributed by atoms with van der Waals surface area (Å²) in [6, 6.07) is 17.9. The third kappa shape index (κ3) is 4.76. The molecule has 0 bridgehead atoms. The molecule has 0 saturated heterocycles. The third-order valence-electron chi connectivity index (χ3n) is 3.17. The number of benzene rings is 2. The molecular weight excluding hydrogens is 280 g/mol. The maximum absolute atomic E-state index is 5.67. The summed E-state index contributed by atoms with van der Waals surface area (Å²) in [5, 5.41) is 3.96. The lowest BCUT2D eigenvalue weighted by Gasteiger charge is -2.21. The predicted molar refractivity (Wildman–Crippen MR) is 92.0 cm³/mol. The molecule has 0 radical (unpaired) electrons. The van der Waals surface area contributed by atoms with Crippen LogP contribution in [0.1, 0.15) is 5.56 Å². The van der Waals surface area contributed by atoms with Gasteiger partial charge in [0.1, 0.15) is 12.4 Å². The molecule has 110 valence electrons. The number of hydrogen-bond donors (Lipinski definition) is 1. The molecule has 0 aliphatic carbocycles. The highest BCUT2D eigenvalue weighted by molar-refractivity contribution is 7.80. The SMILES string of the molecule is Cc1ccccc1NC(=S)N(C)CCOc1ccccc1. The Kier molecular flexibility index (Phi) is 5.58. The first kappa shape index (κ1) is 15.3. The van der Waals surface area contributed by atoms with Crippen LogP contribution in [0.3, 0.4) is 0 Å². The van der Waals surface area contributed by atoms with E-state index in [-0.39, 0.29) is 0 Å². The molecule has 0 saturated carbocycles. The molecule has 0 unspecified atom stereocenters. The first-order valence-electron chi connectivity index (χ1n) is 6.92. The monoisotopic (exact) mass is 300 g/mol. The lowest BCUT2D eigenvalue weighted by molar-refractivity contribution is 0.285. The summed E-state index contributed by atoms with van der Waals surface area (Å²) >= 11 is 5.41. The second-order valence-corrected chi connectivity index (χ2v) is 5.21. The molecule has 0 aliphatic heterocycles. The van der Waals surface area contributed by atoms with Crippen molar-refractivity contribution in [3.63, 3.8) is 0 Å². The summed E-state index contributed by atoms with van der Waals surface area (Å²) in [4.78, 5) is 1.98. The van der Waals surface area contributed by atoms with Crippen LogP contribution in [0.4, 0.5) is 5.69 Å². The number of rotatable bonds is 5. The molecular formula is C17H20N2OS. The lowest BCUT2D eigenvalue weighted by Crippen LogP contribution is -2.34. The van der Waals surface area contributed by atoms with Crippen LogP contribution in [0.2, 0.25) is 0 Å². The minimum absolute atomic E-state index is 0.593. The fraction of sp³-hybridized carbons (Fsp3) is 0.235. The molecule has 21 heavy (non-hydrogen) atoms. The fourth-order valence-electron chi connectivity index (χ4n) is 1.84. The normalized spacial score (nSPS) is 10.0. The topological polar surface area (TPSA) is 24.5 Å². The smallest absolute Gasteiger partial charge is 0.173 e. The summed E-state index contributed by atoms with van der Waals surface area (Å²) in [6.45, 7) is 3.38. The van der Waals surface area contributed by atoms with Gasteiger partial charge >= 0.3 is 0 Å². The van der Waals surface area contributed by atoms with Gasteiger partial charge in [0.05, 0.1) is 6.54 Å². The lowest BCUT2D eigenvalue weighted by atomic mass is 10.2. The third-order valence-corrected chi connectivity index (χ3v) is 3.59. The highest BCUT2D eigenvalue weighted by Crippen LogP contribution is 2.13. The summed E-state index contributed by atoms with van der Waals surface area (Å²) in [6.07, 6.45) is 0. The number of ether oxygens (including phenoxy) is 1. The Labute approximate surface area is 131 Å². The maximum atomic E-state index is 5.67. The van der Waals surface area contributed by atoms with Gasteiger partial charge in [0.15, 0.2) is 5.11 Å². The zero-order valence-electron chi connectivity index (χ0n) is 12.4. The number of nitrogens with zero attached hydrogens (tertiary/aromatic N) is 1. The molecule has 0 atom stereocenters. The zero-order valence-corrected chi connectivity index (χ0v) is 13.2. The van der Waals surface area contributed by atoms with Gasteiger partial charge in [0, 0.05) is 12.7 Å². The van der Waals surface area contributed by atoms with Crippen molar-refractivity contribution in [2.75, 3.05) is 25.5 Å². The van der Waals surface area contributed by atoms with Crippen LogP contribution in [-0.2, 0) is 0 Å². The minimum atomic E-state index is 0.593. The average Bonchev–Trinajstić information content (AvgIpc) is 2.50. The van der Waals surface area contributed by atoms with Gasteiger partial charge < -0.3 is 15.0 Å². The second-order valence-electron chi connectivity index (χ2n) is 4.83. The summed E-state index contributed by atoms with van der Waals surface area (Å²) < 4.78 is 5.67. The number of para-hydroxylation sites is 2. The van der Waals surface area contributed by atoms with E-state index in [1.807, 2.05) is 60.5 Å². The van der Waals surface area contributed by atoms with Crippen LogP contribution in [0.25, 0.3) is 0 Å². The second kappa shape index (κ2) is 7.64. The van der Waals surface area contributed by atoms with Crippen molar-refractivity contribution >= 4 is 23.0 Å². The zero-order chi connectivity index (χ0) is 15.1. The van der Waals surface area contributed by atoms with Crippen molar-refractivity contribution in [3.8, 4) is 5.75 Å². The molecule has 1 N–H and O–H groups in total. The quantitative estimate of drug-likeness (QED) is 0.851. The number of anilines is 1. The van der Waals surface area contributed by atoms with Gasteiger partial charge in [-0.05, 0) is 42.9 Å². The van der Waals surface area contributed by atoms with Crippen molar-refractivity contribution in [2.24, 2.45) is 0 Å². The average molecular weight is 300 g/mol. The van der Waals surface area contributed by atoms with Gasteiger partial charge in [-0.2, -0.15) is 0 Å². The van der Waals surface area contributed by atoms with Crippen LogP contribution in [0, 0.1) is 6.92 Å². The van der Waals surface area contributed by atoms with Crippen LogP contribution in [-0.4, -0.2) is 30.2 Å². The van der Waals surface area contributed by atoms with Crippen molar-refractivity contribution < 1.29 is 4.74 Å². The maximum Gasteiger partial charge on any atom is 0.173 e. The van der Waals surface area contributed by atoms with Gasteiger partial charge in [-0.1, -0.05) is 36.4 Å². The Morgan fingerprint density at radius 3 is 2.48 bits per heavy atom. The summed E-state index contributed by atoms with van der Waals surface area (Å²) in [5.41, 5.74) is 2.21. The van der Waals surface area contributed by atoms with Crippen molar-refractivity contribution in [3.05, 3.63) is 60.2 Å². The van der Waals surface area contributed by atoms with Crippen molar-refractivity contribution in [1.82, 2.24) is 4.90 Å². The summed E-state index contributed by atoms with van der Waals surface area (Å²) in [7, 11) is 1.96. The molecule has 2 aromatic rings. The van der Waals surface area contributed by atoms with E-state index in [1.54, 1.807) is 0 Å². The highest BCUT2D eigenvalue weighted by atomic mass is 32.1. The Bertz CT molecular complexity index is 586. The standard InChI is InChI=1S/C17H20N2OS/c1-14-8-6-7-11-16(14)18-17(21)19(2)12-13-20-15-9-4-3-5-10-15/h3-11H,12-13H2,1-2H3,(H,18,21). The van der Waals surface area contributed by atoms with Crippen molar-refractivity contribution in [2.45, 2.75) is 6.92 Å². The Morgan fingerprint density at radius 2 is 1.76 bits per heavy atom. The van der Waals surface area contributed by atoms with Crippen LogP contribution >= 0.6 is 12.2 Å². The van der Waals surface area contributed by atoms with Crippen LogP contribution in [0.5, 0.6) is 5.75 Å². The highest BCUT2D eigenvalue weighted by Gasteiger charge is 2.06. The molecule has 4 heteroatoms. The van der Waals surface area contributed by atoms with E-state index < -0.39 is 0 Å². The molecule has 2 aromatic carbocycles. The van der Waals surface area contributed by atoms with E-state index in [1.165, 1.54) is 5.56 Å². The number of hydrogen-bond acceptors (Lipinski definition) is 2. The fourth-order valence-corrected chi connectivity index (χ4v) is 2.04. The number of likely N-dealkylation sites (N-methyl/N-ethyl adjacent to an activating group) is 1. The first-order chi connectivity index (χ1) is 10.2. The number of aryl methyl sites for hydroxylation is 1. The van der Waals surface area contributed by atoms with E-state index in [4.69, 9.17) is 17.0 Å². The van der Waals surface area contributed by atoms with Gasteiger partial charge in [-0.25, -0.2) is 0 Å². The number of nitrogens with one attached hydrogen (secondary N) is 1. The van der Waals surface area contributed by atoms with Crippen LogP contribution in [0.15, 0.2) is 54.6 Å². The molecule has 0 spiro atoms. The van der Waals surface area contributed by atoms with E-state index in [9.17, 15) is 0 Å². The molecule has 3 nitrogen and oxygen atoms in total. The minimum Gasteiger partial charge on any atom is -0.492 e. The Balaban J connectivity index is 1.79. The summed E-state index contributed by atoms with van der Waals surface area (Å²) in [5.74, 6) is 0.878. The molecule has 2 rings (SSSR count). The van der Waals surface area contributed by atoms with E-state index in [2.05, 4.69) is 18.3 Å². The molecule has 0 fully saturated rings.